The van der Waals surface area contributed by atoms with Crippen molar-refractivity contribution < 1.29 is 14.4 Å². The Morgan fingerprint density at radius 3 is 2.77 bits per heavy atom. The third kappa shape index (κ3) is 4.48. The standard InChI is InChI=1S/C22H23N5O3/c28-20(8-7-19-21(29)26-22(30)25-19)27(14-15-4-3-10-23-12-15)11-9-16-13-24-18-6-2-1-5-17(16)18/h1-6,10,12-13,19,24H,7-9,11,14H2,(H2,25,26,29,30)/t19-/m0/s1. The van der Waals surface area contributed by atoms with Crippen molar-refractivity contribution in [3.05, 3.63) is 66.1 Å². The zero-order chi connectivity index (χ0) is 20.9. The van der Waals surface area contributed by atoms with E-state index >= 15 is 0 Å². The molecule has 8 heteroatoms. The lowest BCUT2D eigenvalue weighted by molar-refractivity contribution is -0.132. The molecule has 0 saturated carbocycles. The van der Waals surface area contributed by atoms with Gasteiger partial charge in [-0.1, -0.05) is 24.3 Å². The van der Waals surface area contributed by atoms with E-state index in [0.717, 1.165) is 22.0 Å². The van der Waals surface area contributed by atoms with E-state index in [1.807, 2.05) is 36.5 Å². The lowest BCUT2D eigenvalue weighted by atomic mass is 10.1. The van der Waals surface area contributed by atoms with Gasteiger partial charge in [0.15, 0.2) is 0 Å². The van der Waals surface area contributed by atoms with E-state index in [9.17, 15) is 14.4 Å². The lowest BCUT2D eigenvalue weighted by Gasteiger charge is -2.23. The summed E-state index contributed by atoms with van der Waals surface area (Å²) in [6, 6.07) is 10.7. The number of benzene rings is 1. The Morgan fingerprint density at radius 2 is 2.00 bits per heavy atom. The van der Waals surface area contributed by atoms with E-state index in [-0.39, 0.29) is 24.7 Å². The van der Waals surface area contributed by atoms with Gasteiger partial charge < -0.3 is 15.2 Å². The maximum Gasteiger partial charge on any atom is 0.322 e. The lowest BCUT2D eigenvalue weighted by Crippen LogP contribution is -2.35. The fourth-order valence-corrected chi connectivity index (χ4v) is 3.69. The van der Waals surface area contributed by atoms with E-state index < -0.39 is 12.1 Å². The van der Waals surface area contributed by atoms with Gasteiger partial charge in [-0.25, -0.2) is 4.79 Å². The van der Waals surface area contributed by atoms with Crippen LogP contribution in [0.3, 0.4) is 0 Å². The first-order valence-electron chi connectivity index (χ1n) is 9.93. The van der Waals surface area contributed by atoms with Gasteiger partial charge in [0, 0.05) is 49.0 Å². The van der Waals surface area contributed by atoms with E-state index in [1.165, 1.54) is 0 Å². The van der Waals surface area contributed by atoms with Crippen LogP contribution < -0.4 is 10.6 Å². The number of urea groups is 1. The smallest absolute Gasteiger partial charge is 0.322 e. The molecule has 0 radical (unpaired) electrons. The van der Waals surface area contributed by atoms with Gasteiger partial charge in [-0.3, -0.25) is 19.9 Å². The Bertz CT molecular complexity index is 1060. The molecule has 1 saturated heterocycles. The molecular formula is C22H23N5O3. The number of fused-ring (bicyclic) bond motifs is 1. The predicted octanol–water partition coefficient (Wildman–Crippen LogP) is 2.12. The number of nitrogens with zero attached hydrogens (tertiary/aromatic N) is 2. The highest BCUT2D eigenvalue weighted by Crippen LogP contribution is 2.19. The second kappa shape index (κ2) is 8.77. The molecule has 1 aromatic carbocycles. The van der Waals surface area contributed by atoms with Crippen molar-refractivity contribution in [3.8, 4) is 0 Å². The van der Waals surface area contributed by atoms with Crippen LogP contribution in [0.5, 0.6) is 0 Å². The van der Waals surface area contributed by atoms with E-state index in [4.69, 9.17) is 0 Å². The summed E-state index contributed by atoms with van der Waals surface area (Å²) in [4.78, 5) is 45.2. The number of H-pyrrole nitrogens is 1. The van der Waals surface area contributed by atoms with Gasteiger partial charge in [0.25, 0.3) is 5.91 Å². The predicted molar refractivity (Wildman–Crippen MR) is 111 cm³/mol. The maximum absolute atomic E-state index is 13.0. The Hall–Kier alpha value is -3.68. The van der Waals surface area contributed by atoms with Crippen molar-refractivity contribution in [1.82, 2.24) is 25.5 Å². The van der Waals surface area contributed by atoms with Crippen LogP contribution in [0.2, 0.25) is 0 Å². The molecule has 154 valence electrons. The van der Waals surface area contributed by atoms with Crippen LogP contribution in [-0.4, -0.2) is 45.3 Å². The number of hydrogen-bond acceptors (Lipinski definition) is 4. The van der Waals surface area contributed by atoms with Gasteiger partial charge in [0.05, 0.1) is 0 Å². The summed E-state index contributed by atoms with van der Waals surface area (Å²) in [6.45, 7) is 0.983. The van der Waals surface area contributed by atoms with E-state index in [0.29, 0.717) is 19.5 Å². The van der Waals surface area contributed by atoms with Crippen molar-refractivity contribution in [3.63, 3.8) is 0 Å². The summed E-state index contributed by atoms with van der Waals surface area (Å²) in [5.74, 6) is -0.446. The first-order valence-corrected chi connectivity index (χ1v) is 9.93. The number of carbonyl (C=O) groups excluding carboxylic acids is 3. The van der Waals surface area contributed by atoms with Crippen molar-refractivity contribution in [2.24, 2.45) is 0 Å². The summed E-state index contributed by atoms with van der Waals surface area (Å²) in [5, 5.41) is 5.88. The monoisotopic (exact) mass is 405 g/mol. The number of aromatic amines is 1. The number of carbonyl (C=O) groups is 3. The summed E-state index contributed by atoms with van der Waals surface area (Å²) in [5.41, 5.74) is 3.16. The third-order valence-electron chi connectivity index (χ3n) is 5.28. The molecule has 1 fully saturated rings. The third-order valence-corrected chi connectivity index (χ3v) is 5.28. The summed E-state index contributed by atoms with van der Waals surface area (Å²) in [7, 11) is 0. The van der Waals surface area contributed by atoms with Gasteiger partial charge in [0.1, 0.15) is 6.04 Å². The normalized spacial score (nSPS) is 15.8. The maximum atomic E-state index is 13.0. The average Bonchev–Trinajstić information content (AvgIpc) is 3.32. The number of rotatable bonds is 8. The molecule has 2 aromatic heterocycles. The van der Waals surface area contributed by atoms with Crippen LogP contribution in [0.1, 0.15) is 24.0 Å². The number of hydrogen-bond donors (Lipinski definition) is 3. The SMILES string of the molecule is O=C1NC(=O)[C@H](CCC(=O)N(CCc2c[nH]c3ccccc23)Cc2cccnc2)N1. The van der Waals surface area contributed by atoms with Crippen LogP contribution in [0.25, 0.3) is 10.9 Å². The van der Waals surface area contributed by atoms with Crippen molar-refractivity contribution in [2.45, 2.75) is 31.8 Å². The molecule has 4 rings (SSSR count). The number of aromatic nitrogens is 2. The van der Waals surface area contributed by atoms with Gasteiger partial charge in [-0.2, -0.15) is 0 Å². The highest BCUT2D eigenvalue weighted by Gasteiger charge is 2.30. The molecule has 30 heavy (non-hydrogen) atoms. The van der Waals surface area contributed by atoms with Crippen LogP contribution >= 0.6 is 0 Å². The molecule has 4 amide bonds. The largest absolute Gasteiger partial charge is 0.361 e. The molecule has 1 aliphatic heterocycles. The molecule has 1 atom stereocenters. The molecule has 3 heterocycles. The minimum absolute atomic E-state index is 0.0624. The Balaban J connectivity index is 1.44. The minimum atomic E-state index is -0.657. The van der Waals surface area contributed by atoms with Crippen molar-refractivity contribution in [2.75, 3.05) is 6.54 Å². The van der Waals surface area contributed by atoms with Gasteiger partial charge in [-0.15, -0.1) is 0 Å². The Kier molecular flexibility index (Phi) is 5.74. The van der Waals surface area contributed by atoms with Crippen LogP contribution in [0.15, 0.2) is 55.0 Å². The molecule has 1 aliphatic rings. The average molecular weight is 405 g/mol. The summed E-state index contributed by atoms with van der Waals surface area (Å²) in [6.07, 6.45) is 6.58. The Labute approximate surface area is 173 Å². The number of imide groups is 1. The minimum Gasteiger partial charge on any atom is -0.361 e. The number of pyridine rings is 1. The molecule has 3 N–H and O–H groups in total. The number of nitrogens with one attached hydrogen (secondary N) is 3. The van der Waals surface area contributed by atoms with Crippen molar-refractivity contribution in [1.29, 1.82) is 0 Å². The van der Waals surface area contributed by atoms with Gasteiger partial charge in [-0.05, 0) is 36.1 Å². The fraction of sp³-hybridized carbons (Fsp3) is 0.273. The second-order valence-electron chi connectivity index (χ2n) is 7.34. The number of amides is 4. The van der Waals surface area contributed by atoms with Crippen LogP contribution in [0, 0.1) is 0 Å². The highest BCUT2D eigenvalue weighted by molar-refractivity contribution is 6.04. The van der Waals surface area contributed by atoms with Gasteiger partial charge in [0.2, 0.25) is 5.91 Å². The number of para-hydroxylation sites is 1. The quantitative estimate of drug-likeness (QED) is 0.499. The van der Waals surface area contributed by atoms with Crippen LogP contribution in [0.4, 0.5) is 4.79 Å². The molecule has 0 aliphatic carbocycles. The molecule has 8 nitrogen and oxygen atoms in total. The first-order chi connectivity index (χ1) is 14.6. The van der Waals surface area contributed by atoms with Gasteiger partial charge >= 0.3 is 6.03 Å². The molecular weight excluding hydrogens is 382 g/mol. The fourth-order valence-electron chi connectivity index (χ4n) is 3.69. The summed E-state index contributed by atoms with van der Waals surface area (Å²) >= 11 is 0. The summed E-state index contributed by atoms with van der Waals surface area (Å²) < 4.78 is 0. The molecule has 0 spiro atoms. The topological polar surface area (TPSA) is 107 Å². The zero-order valence-corrected chi connectivity index (χ0v) is 16.4. The van der Waals surface area contributed by atoms with Crippen molar-refractivity contribution >= 4 is 28.7 Å². The first kappa shape index (κ1) is 19.6. The molecule has 0 bridgehead atoms. The zero-order valence-electron chi connectivity index (χ0n) is 16.4. The van der Waals surface area contributed by atoms with Crippen LogP contribution in [-0.2, 0) is 22.6 Å². The van der Waals surface area contributed by atoms with E-state index in [1.54, 1.807) is 17.3 Å². The van der Waals surface area contributed by atoms with E-state index in [2.05, 4.69) is 26.7 Å². The molecule has 0 unspecified atom stereocenters. The molecule has 3 aromatic rings. The second-order valence-corrected chi connectivity index (χ2v) is 7.34. The Morgan fingerprint density at radius 1 is 1.13 bits per heavy atom. The highest BCUT2D eigenvalue weighted by atomic mass is 16.2.